The number of benzene rings is 2. The topological polar surface area (TPSA) is 52.9 Å². The van der Waals surface area contributed by atoms with Crippen molar-refractivity contribution < 1.29 is 4.79 Å². The lowest BCUT2D eigenvalue weighted by Crippen LogP contribution is -2.23. The van der Waals surface area contributed by atoms with Crippen molar-refractivity contribution in [2.24, 2.45) is 0 Å². The number of amides is 1. The number of aryl methyl sites for hydroxylation is 1. The Morgan fingerprint density at radius 3 is 2.58 bits per heavy atom. The summed E-state index contributed by atoms with van der Waals surface area (Å²) >= 11 is 0. The highest BCUT2D eigenvalue weighted by Gasteiger charge is 2.08. The van der Waals surface area contributed by atoms with Gasteiger partial charge in [0, 0.05) is 12.1 Å². The largest absolute Gasteiger partial charge is 0.348 e. The summed E-state index contributed by atoms with van der Waals surface area (Å²) in [5.74, 6) is -0.120. The first-order valence-corrected chi connectivity index (χ1v) is 6.03. The molecule has 0 aliphatic rings. The molecule has 0 aliphatic heterocycles. The highest BCUT2D eigenvalue weighted by Crippen LogP contribution is 2.10. The molecule has 2 aromatic rings. The van der Waals surface area contributed by atoms with E-state index in [9.17, 15) is 4.79 Å². The molecule has 0 fully saturated rings. The van der Waals surface area contributed by atoms with E-state index in [1.54, 1.807) is 18.2 Å². The van der Waals surface area contributed by atoms with E-state index >= 15 is 0 Å². The highest BCUT2D eigenvalue weighted by molar-refractivity contribution is 5.95. The Morgan fingerprint density at radius 1 is 1.21 bits per heavy atom. The van der Waals surface area contributed by atoms with Gasteiger partial charge in [-0.2, -0.15) is 5.26 Å². The average molecular weight is 250 g/mol. The zero-order valence-electron chi connectivity index (χ0n) is 10.7. The standard InChI is InChI=1S/C16H14N2O/c1-12-9-14(10-17)7-8-15(12)16(19)18-11-13-5-3-2-4-6-13/h2-9H,11H2,1H3,(H,18,19). The molecule has 1 N–H and O–H groups in total. The van der Waals surface area contributed by atoms with Crippen LogP contribution < -0.4 is 5.32 Å². The summed E-state index contributed by atoms with van der Waals surface area (Å²) < 4.78 is 0. The van der Waals surface area contributed by atoms with Gasteiger partial charge >= 0.3 is 0 Å². The van der Waals surface area contributed by atoms with Crippen LogP contribution in [0, 0.1) is 18.3 Å². The van der Waals surface area contributed by atoms with Crippen LogP contribution in [0.4, 0.5) is 0 Å². The molecule has 2 rings (SSSR count). The van der Waals surface area contributed by atoms with Crippen LogP contribution in [-0.4, -0.2) is 5.91 Å². The number of carbonyl (C=O) groups is 1. The van der Waals surface area contributed by atoms with Crippen LogP contribution in [-0.2, 0) is 6.54 Å². The second kappa shape index (κ2) is 5.83. The third-order valence-electron chi connectivity index (χ3n) is 2.90. The molecule has 0 saturated carbocycles. The number of nitrogens with one attached hydrogen (secondary N) is 1. The lowest BCUT2D eigenvalue weighted by atomic mass is 10.0. The van der Waals surface area contributed by atoms with Gasteiger partial charge in [-0.3, -0.25) is 4.79 Å². The summed E-state index contributed by atoms with van der Waals surface area (Å²) in [4.78, 5) is 12.0. The molecule has 0 unspecified atom stereocenters. The van der Waals surface area contributed by atoms with Gasteiger partial charge in [0.2, 0.25) is 0 Å². The highest BCUT2D eigenvalue weighted by atomic mass is 16.1. The first kappa shape index (κ1) is 12.8. The molecule has 94 valence electrons. The van der Waals surface area contributed by atoms with E-state index in [4.69, 9.17) is 5.26 Å². The molecule has 0 saturated heterocycles. The maximum atomic E-state index is 12.0. The third kappa shape index (κ3) is 3.20. The summed E-state index contributed by atoms with van der Waals surface area (Å²) in [6, 6.07) is 16.9. The van der Waals surface area contributed by atoms with E-state index < -0.39 is 0 Å². The van der Waals surface area contributed by atoms with Crippen LogP contribution in [0.5, 0.6) is 0 Å². The zero-order chi connectivity index (χ0) is 13.7. The number of nitriles is 1. The molecule has 3 heteroatoms. The van der Waals surface area contributed by atoms with Gasteiger partial charge in [0.15, 0.2) is 0 Å². The summed E-state index contributed by atoms with van der Waals surface area (Å²) in [5.41, 5.74) is 3.04. The van der Waals surface area contributed by atoms with E-state index in [0.29, 0.717) is 17.7 Å². The zero-order valence-corrected chi connectivity index (χ0v) is 10.7. The van der Waals surface area contributed by atoms with Crippen LogP contribution in [0.2, 0.25) is 0 Å². The molecule has 2 aromatic carbocycles. The molecular weight excluding hydrogens is 236 g/mol. The van der Waals surface area contributed by atoms with Crippen LogP contribution >= 0.6 is 0 Å². The molecule has 0 aliphatic carbocycles. The van der Waals surface area contributed by atoms with Gasteiger partial charge in [-0.1, -0.05) is 30.3 Å². The Bertz CT molecular complexity index is 627. The number of rotatable bonds is 3. The minimum absolute atomic E-state index is 0.120. The summed E-state index contributed by atoms with van der Waals surface area (Å²) in [6.45, 7) is 2.33. The summed E-state index contributed by atoms with van der Waals surface area (Å²) in [7, 11) is 0. The quantitative estimate of drug-likeness (QED) is 0.910. The van der Waals surface area contributed by atoms with Crippen LogP contribution in [0.15, 0.2) is 48.5 Å². The fraction of sp³-hybridized carbons (Fsp3) is 0.125. The fourth-order valence-electron chi connectivity index (χ4n) is 1.86. The normalized spacial score (nSPS) is 9.68. The average Bonchev–Trinajstić information content (AvgIpc) is 2.45. The van der Waals surface area contributed by atoms with E-state index in [1.165, 1.54) is 0 Å². The van der Waals surface area contributed by atoms with E-state index in [-0.39, 0.29) is 5.91 Å². The maximum Gasteiger partial charge on any atom is 0.251 e. The van der Waals surface area contributed by atoms with Crippen molar-refractivity contribution in [3.05, 3.63) is 70.8 Å². The lowest BCUT2D eigenvalue weighted by Gasteiger charge is -2.08. The van der Waals surface area contributed by atoms with Gasteiger partial charge in [-0.05, 0) is 36.2 Å². The van der Waals surface area contributed by atoms with E-state index in [0.717, 1.165) is 11.1 Å². The molecule has 0 radical (unpaired) electrons. The molecule has 0 aromatic heterocycles. The molecular formula is C16H14N2O. The predicted molar refractivity (Wildman–Crippen MR) is 73.5 cm³/mol. The Hall–Kier alpha value is -2.60. The summed E-state index contributed by atoms with van der Waals surface area (Å²) in [6.07, 6.45) is 0. The summed E-state index contributed by atoms with van der Waals surface area (Å²) in [5, 5.41) is 11.7. The Morgan fingerprint density at radius 2 is 1.95 bits per heavy atom. The smallest absolute Gasteiger partial charge is 0.251 e. The van der Waals surface area contributed by atoms with Crippen molar-refractivity contribution in [2.45, 2.75) is 13.5 Å². The fourth-order valence-corrected chi connectivity index (χ4v) is 1.86. The molecule has 0 bridgehead atoms. The van der Waals surface area contributed by atoms with Gasteiger partial charge in [0.05, 0.1) is 11.6 Å². The molecule has 0 atom stereocenters. The third-order valence-corrected chi connectivity index (χ3v) is 2.90. The SMILES string of the molecule is Cc1cc(C#N)ccc1C(=O)NCc1ccccc1. The van der Waals surface area contributed by atoms with Crippen molar-refractivity contribution in [1.29, 1.82) is 5.26 Å². The predicted octanol–water partition coefficient (Wildman–Crippen LogP) is 2.80. The van der Waals surface area contributed by atoms with Crippen molar-refractivity contribution in [1.82, 2.24) is 5.32 Å². The van der Waals surface area contributed by atoms with Crippen molar-refractivity contribution in [2.75, 3.05) is 0 Å². The van der Waals surface area contributed by atoms with Crippen LogP contribution in [0.25, 0.3) is 0 Å². The lowest BCUT2D eigenvalue weighted by molar-refractivity contribution is 0.0950. The molecule has 0 heterocycles. The second-order valence-electron chi connectivity index (χ2n) is 4.31. The van der Waals surface area contributed by atoms with Gasteiger partial charge in [0.25, 0.3) is 5.91 Å². The van der Waals surface area contributed by atoms with Crippen molar-refractivity contribution in [3.8, 4) is 6.07 Å². The van der Waals surface area contributed by atoms with Crippen LogP contribution in [0.1, 0.15) is 27.0 Å². The molecule has 0 spiro atoms. The first-order chi connectivity index (χ1) is 9.20. The van der Waals surface area contributed by atoms with Crippen LogP contribution in [0.3, 0.4) is 0 Å². The van der Waals surface area contributed by atoms with Crippen molar-refractivity contribution in [3.63, 3.8) is 0 Å². The first-order valence-electron chi connectivity index (χ1n) is 6.03. The number of carbonyl (C=O) groups excluding carboxylic acids is 1. The van der Waals surface area contributed by atoms with Gasteiger partial charge < -0.3 is 5.32 Å². The van der Waals surface area contributed by atoms with Gasteiger partial charge in [-0.25, -0.2) is 0 Å². The number of hydrogen-bond acceptors (Lipinski definition) is 2. The minimum atomic E-state index is -0.120. The number of nitrogens with zero attached hydrogens (tertiary/aromatic N) is 1. The molecule has 1 amide bonds. The minimum Gasteiger partial charge on any atom is -0.348 e. The van der Waals surface area contributed by atoms with Crippen molar-refractivity contribution >= 4 is 5.91 Å². The number of hydrogen-bond donors (Lipinski definition) is 1. The maximum absolute atomic E-state index is 12.0. The van der Waals surface area contributed by atoms with Gasteiger partial charge in [0.1, 0.15) is 0 Å². The second-order valence-corrected chi connectivity index (χ2v) is 4.31. The monoisotopic (exact) mass is 250 g/mol. The molecule has 19 heavy (non-hydrogen) atoms. The van der Waals surface area contributed by atoms with E-state index in [1.807, 2.05) is 37.3 Å². The Balaban J connectivity index is 2.07. The van der Waals surface area contributed by atoms with E-state index in [2.05, 4.69) is 11.4 Å². The van der Waals surface area contributed by atoms with Gasteiger partial charge in [-0.15, -0.1) is 0 Å². The Labute approximate surface area is 112 Å². The Kier molecular flexibility index (Phi) is 3.94. The molecule has 3 nitrogen and oxygen atoms in total.